The molecule has 1 aliphatic heterocycles. The molecule has 0 spiro atoms. The van der Waals surface area contributed by atoms with Gasteiger partial charge in [0.05, 0.1) is 12.1 Å². The van der Waals surface area contributed by atoms with Crippen LogP contribution in [0.2, 0.25) is 0 Å². The molecule has 1 saturated heterocycles. The van der Waals surface area contributed by atoms with E-state index in [0.717, 1.165) is 24.9 Å². The molecule has 2 unspecified atom stereocenters. The number of carbonyl (C=O) groups is 1. The Hall–Kier alpha value is -1.42. The molecule has 4 nitrogen and oxygen atoms in total. The number of rotatable bonds is 4. The summed E-state index contributed by atoms with van der Waals surface area (Å²) in [7, 11) is 0. The summed E-state index contributed by atoms with van der Waals surface area (Å²) in [5.74, 6) is 0.788. The van der Waals surface area contributed by atoms with Gasteiger partial charge in [0, 0.05) is 12.4 Å². The molecule has 1 aliphatic rings. The number of nitrogens with zero attached hydrogens (tertiary/aromatic N) is 1. The standard InChI is InChI=1S/C15H23N3O/c1-3-12-4-9-17-14(10-12)15(19)18-11(2)13-5-7-16-8-6-13/h5-8,11-12,14,17H,3-4,9-10H2,1-2H3,(H,18,19)/t11-,12?,14?/m1/s1. The van der Waals surface area contributed by atoms with Crippen molar-refractivity contribution in [2.45, 2.75) is 45.2 Å². The van der Waals surface area contributed by atoms with E-state index in [9.17, 15) is 4.79 Å². The number of pyridine rings is 1. The van der Waals surface area contributed by atoms with Crippen molar-refractivity contribution in [3.8, 4) is 0 Å². The maximum atomic E-state index is 12.3. The van der Waals surface area contributed by atoms with Gasteiger partial charge in [-0.3, -0.25) is 9.78 Å². The lowest BCUT2D eigenvalue weighted by Gasteiger charge is -2.29. The monoisotopic (exact) mass is 261 g/mol. The Kier molecular flexibility index (Phi) is 4.91. The van der Waals surface area contributed by atoms with Gasteiger partial charge in [-0.1, -0.05) is 13.3 Å². The summed E-state index contributed by atoms with van der Waals surface area (Å²) < 4.78 is 0. The highest BCUT2D eigenvalue weighted by molar-refractivity contribution is 5.82. The highest BCUT2D eigenvalue weighted by atomic mass is 16.2. The quantitative estimate of drug-likeness (QED) is 0.872. The van der Waals surface area contributed by atoms with Crippen LogP contribution >= 0.6 is 0 Å². The fourth-order valence-corrected chi connectivity index (χ4v) is 2.62. The second-order valence-corrected chi connectivity index (χ2v) is 5.32. The first-order valence-corrected chi connectivity index (χ1v) is 7.14. The van der Waals surface area contributed by atoms with E-state index in [1.807, 2.05) is 19.1 Å². The summed E-state index contributed by atoms with van der Waals surface area (Å²) in [6.07, 6.45) is 6.80. The summed E-state index contributed by atoms with van der Waals surface area (Å²) in [5, 5.41) is 6.40. The third-order valence-electron chi connectivity index (χ3n) is 3.97. The number of aromatic nitrogens is 1. The van der Waals surface area contributed by atoms with E-state index in [2.05, 4.69) is 22.5 Å². The third kappa shape index (κ3) is 3.77. The zero-order valence-electron chi connectivity index (χ0n) is 11.7. The lowest BCUT2D eigenvalue weighted by Crippen LogP contribution is -2.49. The molecule has 0 bridgehead atoms. The number of piperidine rings is 1. The minimum Gasteiger partial charge on any atom is -0.348 e. The van der Waals surface area contributed by atoms with Crippen LogP contribution in [0.5, 0.6) is 0 Å². The van der Waals surface area contributed by atoms with Gasteiger partial charge < -0.3 is 10.6 Å². The summed E-state index contributed by atoms with van der Waals surface area (Å²) in [4.78, 5) is 16.2. The van der Waals surface area contributed by atoms with Crippen LogP contribution in [0.1, 0.15) is 44.7 Å². The number of hydrogen-bond donors (Lipinski definition) is 2. The van der Waals surface area contributed by atoms with Crippen LogP contribution < -0.4 is 10.6 Å². The van der Waals surface area contributed by atoms with E-state index in [4.69, 9.17) is 0 Å². The van der Waals surface area contributed by atoms with E-state index in [-0.39, 0.29) is 18.0 Å². The molecular formula is C15H23N3O. The fraction of sp³-hybridized carbons (Fsp3) is 0.600. The Bertz CT molecular complexity index is 407. The maximum absolute atomic E-state index is 12.3. The van der Waals surface area contributed by atoms with Crippen LogP contribution in [0, 0.1) is 5.92 Å². The van der Waals surface area contributed by atoms with E-state index < -0.39 is 0 Å². The molecule has 4 heteroatoms. The van der Waals surface area contributed by atoms with Crippen molar-refractivity contribution in [1.82, 2.24) is 15.6 Å². The van der Waals surface area contributed by atoms with Gasteiger partial charge in [0.15, 0.2) is 0 Å². The Morgan fingerprint density at radius 3 is 2.95 bits per heavy atom. The van der Waals surface area contributed by atoms with Crippen molar-refractivity contribution in [2.75, 3.05) is 6.54 Å². The van der Waals surface area contributed by atoms with Gasteiger partial charge >= 0.3 is 0 Å². The molecule has 0 aliphatic carbocycles. The molecule has 1 aromatic heterocycles. The average Bonchev–Trinajstić information content (AvgIpc) is 2.48. The molecule has 104 valence electrons. The van der Waals surface area contributed by atoms with Crippen LogP contribution in [0.3, 0.4) is 0 Å². The van der Waals surface area contributed by atoms with Gasteiger partial charge in [-0.05, 0) is 49.9 Å². The first kappa shape index (κ1) is 14.0. The SMILES string of the molecule is CCC1CCNC(C(=O)N[C@H](C)c2ccncc2)C1. The van der Waals surface area contributed by atoms with Gasteiger partial charge in [-0.2, -0.15) is 0 Å². The second kappa shape index (κ2) is 6.66. The van der Waals surface area contributed by atoms with Gasteiger partial charge in [0.2, 0.25) is 5.91 Å². The predicted molar refractivity (Wildman–Crippen MR) is 75.6 cm³/mol. The smallest absolute Gasteiger partial charge is 0.237 e. The Labute approximate surface area is 115 Å². The Morgan fingerprint density at radius 2 is 2.26 bits per heavy atom. The molecule has 2 N–H and O–H groups in total. The zero-order chi connectivity index (χ0) is 13.7. The van der Waals surface area contributed by atoms with Crippen molar-refractivity contribution >= 4 is 5.91 Å². The van der Waals surface area contributed by atoms with E-state index >= 15 is 0 Å². The number of hydrogen-bond acceptors (Lipinski definition) is 3. The zero-order valence-corrected chi connectivity index (χ0v) is 11.7. The Balaban J connectivity index is 1.90. The van der Waals surface area contributed by atoms with Gasteiger partial charge in [0.1, 0.15) is 0 Å². The van der Waals surface area contributed by atoms with Gasteiger partial charge in [-0.15, -0.1) is 0 Å². The minimum atomic E-state index is -0.0389. The van der Waals surface area contributed by atoms with Crippen molar-refractivity contribution in [1.29, 1.82) is 0 Å². The van der Waals surface area contributed by atoms with Crippen molar-refractivity contribution in [3.05, 3.63) is 30.1 Å². The molecule has 2 heterocycles. The molecule has 1 amide bonds. The first-order chi connectivity index (χ1) is 9.20. The van der Waals surface area contributed by atoms with Crippen LogP contribution in [0.4, 0.5) is 0 Å². The van der Waals surface area contributed by atoms with Crippen LogP contribution in [0.25, 0.3) is 0 Å². The Morgan fingerprint density at radius 1 is 1.53 bits per heavy atom. The molecular weight excluding hydrogens is 238 g/mol. The highest BCUT2D eigenvalue weighted by Gasteiger charge is 2.26. The topological polar surface area (TPSA) is 54.0 Å². The average molecular weight is 261 g/mol. The molecule has 0 radical (unpaired) electrons. The lowest BCUT2D eigenvalue weighted by molar-refractivity contribution is -0.124. The van der Waals surface area contributed by atoms with E-state index in [1.165, 1.54) is 6.42 Å². The van der Waals surface area contributed by atoms with E-state index in [1.54, 1.807) is 12.4 Å². The van der Waals surface area contributed by atoms with Gasteiger partial charge in [-0.25, -0.2) is 0 Å². The third-order valence-corrected chi connectivity index (χ3v) is 3.97. The summed E-state index contributed by atoms with van der Waals surface area (Å²) in [6, 6.07) is 3.87. The minimum absolute atomic E-state index is 0.0271. The molecule has 19 heavy (non-hydrogen) atoms. The lowest BCUT2D eigenvalue weighted by atomic mass is 9.90. The van der Waals surface area contributed by atoms with E-state index in [0.29, 0.717) is 5.92 Å². The summed E-state index contributed by atoms with van der Waals surface area (Å²) >= 11 is 0. The maximum Gasteiger partial charge on any atom is 0.237 e. The summed E-state index contributed by atoms with van der Waals surface area (Å²) in [5.41, 5.74) is 1.09. The molecule has 0 saturated carbocycles. The van der Waals surface area contributed by atoms with Crippen LogP contribution in [-0.2, 0) is 4.79 Å². The van der Waals surface area contributed by atoms with Crippen molar-refractivity contribution in [2.24, 2.45) is 5.92 Å². The number of amides is 1. The molecule has 1 fully saturated rings. The molecule has 3 atom stereocenters. The van der Waals surface area contributed by atoms with Crippen molar-refractivity contribution in [3.63, 3.8) is 0 Å². The number of nitrogens with one attached hydrogen (secondary N) is 2. The molecule has 0 aromatic carbocycles. The fourth-order valence-electron chi connectivity index (χ4n) is 2.62. The number of carbonyl (C=O) groups excluding carboxylic acids is 1. The largest absolute Gasteiger partial charge is 0.348 e. The predicted octanol–water partition coefficient (Wildman–Crippen LogP) is 2.04. The van der Waals surface area contributed by atoms with Gasteiger partial charge in [0.25, 0.3) is 0 Å². The molecule has 2 rings (SSSR count). The molecule has 1 aromatic rings. The van der Waals surface area contributed by atoms with Crippen LogP contribution in [0.15, 0.2) is 24.5 Å². The van der Waals surface area contributed by atoms with Crippen molar-refractivity contribution < 1.29 is 4.79 Å². The first-order valence-electron chi connectivity index (χ1n) is 7.14. The van der Waals surface area contributed by atoms with Crippen LogP contribution in [-0.4, -0.2) is 23.5 Å². The highest BCUT2D eigenvalue weighted by Crippen LogP contribution is 2.20. The normalized spacial score (nSPS) is 24.7. The second-order valence-electron chi connectivity index (χ2n) is 5.32. The summed E-state index contributed by atoms with van der Waals surface area (Å²) in [6.45, 7) is 5.15.